The summed E-state index contributed by atoms with van der Waals surface area (Å²) in [4.78, 5) is 6.41. The summed E-state index contributed by atoms with van der Waals surface area (Å²) in [6.45, 7) is 0.843. The van der Waals surface area contributed by atoms with Gasteiger partial charge in [0.25, 0.3) is 0 Å². The molecule has 0 N–H and O–H groups in total. The van der Waals surface area contributed by atoms with Crippen LogP contribution in [0.1, 0.15) is 18.4 Å². The standard InChI is InChI=1S/C24H25F3N2O5S2/c1-32-20-11-15(12-21(33-2)22(20)34-3)19-14-35-23(28-19)29-9-7-17(8-10-29)36(30,31)18-6-4-5-16(13-18)24(25,26)27/h4-6,11-14,17H,7-10H2,1-3H3. The van der Waals surface area contributed by atoms with E-state index in [4.69, 9.17) is 19.2 Å². The summed E-state index contributed by atoms with van der Waals surface area (Å²) in [6.07, 6.45) is -4.02. The fourth-order valence-corrected chi connectivity index (χ4v) is 6.83. The Morgan fingerprint density at radius 2 is 1.64 bits per heavy atom. The van der Waals surface area contributed by atoms with Crippen LogP contribution in [0.25, 0.3) is 11.3 Å². The molecule has 2 aromatic carbocycles. The third-order valence-corrected chi connectivity index (χ3v) is 9.26. The van der Waals surface area contributed by atoms with Crippen molar-refractivity contribution in [1.82, 2.24) is 4.98 Å². The first-order chi connectivity index (χ1) is 17.1. The van der Waals surface area contributed by atoms with Gasteiger partial charge in [-0.2, -0.15) is 13.2 Å². The van der Waals surface area contributed by atoms with Crippen molar-refractivity contribution in [2.24, 2.45) is 0 Å². The second-order valence-electron chi connectivity index (χ2n) is 8.19. The largest absolute Gasteiger partial charge is 0.493 e. The van der Waals surface area contributed by atoms with Gasteiger partial charge in [0.2, 0.25) is 5.75 Å². The van der Waals surface area contributed by atoms with Gasteiger partial charge in [0.15, 0.2) is 26.5 Å². The van der Waals surface area contributed by atoms with Crippen LogP contribution in [0.4, 0.5) is 18.3 Å². The van der Waals surface area contributed by atoms with Crippen LogP contribution in [0.2, 0.25) is 0 Å². The molecule has 4 rings (SSSR count). The molecule has 0 saturated carbocycles. The summed E-state index contributed by atoms with van der Waals surface area (Å²) in [5, 5.41) is 1.86. The highest BCUT2D eigenvalue weighted by atomic mass is 32.2. The van der Waals surface area contributed by atoms with Crippen LogP contribution in [-0.2, 0) is 16.0 Å². The molecule has 1 aliphatic heterocycles. The maximum Gasteiger partial charge on any atom is 0.416 e. The molecule has 3 aromatic rings. The van der Waals surface area contributed by atoms with Gasteiger partial charge in [-0.3, -0.25) is 0 Å². The SMILES string of the molecule is COc1cc(-c2csc(N3CCC(S(=O)(=O)c4cccc(C(F)(F)F)c4)CC3)n2)cc(OC)c1OC. The van der Waals surface area contributed by atoms with Gasteiger partial charge in [0.1, 0.15) is 0 Å². The second-order valence-corrected chi connectivity index (χ2v) is 11.3. The van der Waals surface area contributed by atoms with Gasteiger partial charge in [-0.15, -0.1) is 11.3 Å². The number of ether oxygens (including phenoxy) is 3. The molecule has 0 aliphatic carbocycles. The molecule has 0 unspecified atom stereocenters. The van der Waals surface area contributed by atoms with Gasteiger partial charge in [0, 0.05) is 24.0 Å². The molecular weight excluding hydrogens is 517 g/mol. The lowest BCUT2D eigenvalue weighted by Gasteiger charge is -2.31. The van der Waals surface area contributed by atoms with Crippen LogP contribution in [0.5, 0.6) is 17.2 Å². The summed E-state index contributed by atoms with van der Waals surface area (Å²) >= 11 is 1.43. The molecule has 1 saturated heterocycles. The minimum absolute atomic E-state index is 0.289. The topological polar surface area (TPSA) is 78.0 Å². The van der Waals surface area contributed by atoms with Gasteiger partial charge in [-0.25, -0.2) is 13.4 Å². The Morgan fingerprint density at radius 3 is 2.19 bits per heavy atom. The number of alkyl halides is 3. The van der Waals surface area contributed by atoms with Gasteiger partial charge < -0.3 is 19.1 Å². The molecule has 0 radical (unpaired) electrons. The number of benzene rings is 2. The summed E-state index contributed by atoms with van der Waals surface area (Å²) < 4.78 is 81.4. The van der Waals surface area contributed by atoms with E-state index >= 15 is 0 Å². The Bertz CT molecular complexity index is 1310. The third-order valence-electron chi connectivity index (χ3n) is 6.09. The van der Waals surface area contributed by atoms with Crippen LogP contribution in [0.3, 0.4) is 0 Å². The van der Waals surface area contributed by atoms with Crippen LogP contribution >= 0.6 is 11.3 Å². The molecule has 7 nitrogen and oxygen atoms in total. The summed E-state index contributed by atoms with van der Waals surface area (Å²) in [7, 11) is 0.698. The highest BCUT2D eigenvalue weighted by Gasteiger charge is 2.35. The molecule has 1 fully saturated rings. The monoisotopic (exact) mass is 542 g/mol. The van der Waals surface area contributed by atoms with Crippen molar-refractivity contribution >= 4 is 26.3 Å². The van der Waals surface area contributed by atoms with E-state index in [2.05, 4.69) is 0 Å². The predicted molar refractivity (Wildman–Crippen MR) is 131 cm³/mol. The number of piperidine rings is 1. The van der Waals surface area contributed by atoms with Crippen LogP contribution in [0.15, 0.2) is 46.7 Å². The van der Waals surface area contributed by atoms with Crippen LogP contribution in [0, 0.1) is 0 Å². The number of halogens is 3. The molecule has 12 heteroatoms. The Kier molecular flexibility index (Phi) is 7.37. The lowest BCUT2D eigenvalue weighted by Crippen LogP contribution is -2.39. The first-order valence-corrected chi connectivity index (χ1v) is 13.4. The van der Waals surface area contributed by atoms with Crippen LogP contribution < -0.4 is 19.1 Å². The number of hydrogen-bond donors (Lipinski definition) is 0. The quantitative estimate of drug-likeness (QED) is 0.401. The molecule has 2 heterocycles. The summed E-state index contributed by atoms with van der Waals surface area (Å²) in [5.74, 6) is 1.48. The molecule has 0 amide bonds. The second kappa shape index (κ2) is 10.2. The Balaban J connectivity index is 1.49. The number of hydrogen-bond acceptors (Lipinski definition) is 8. The highest BCUT2D eigenvalue weighted by molar-refractivity contribution is 7.92. The van der Waals surface area contributed by atoms with Crippen molar-refractivity contribution in [3.05, 3.63) is 47.3 Å². The lowest BCUT2D eigenvalue weighted by atomic mass is 10.1. The van der Waals surface area contributed by atoms with E-state index in [0.29, 0.717) is 42.1 Å². The molecule has 0 bridgehead atoms. The average molecular weight is 543 g/mol. The molecule has 194 valence electrons. The number of nitrogens with zero attached hydrogens (tertiary/aromatic N) is 2. The number of rotatable bonds is 7. The summed E-state index contributed by atoms with van der Waals surface area (Å²) in [5.41, 5.74) is 0.505. The van der Waals surface area contributed by atoms with E-state index in [9.17, 15) is 21.6 Å². The highest BCUT2D eigenvalue weighted by Crippen LogP contribution is 2.42. The molecule has 36 heavy (non-hydrogen) atoms. The Hall–Kier alpha value is -2.99. The normalized spacial score (nSPS) is 15.1. The maximum atomic E-state index is 13.1. The first kappa shape index (κ1) is 26.1. The molecule has 1 aromatic heterocycles. The number of methoxy groups -OCH3 is 3. The smallest absolute Gasteiger partial charge is 0.416 e. The number of aromatic nitrogens is 1. The van der Waals surface area contributed by atoms with Crippen molar-refractivity contribution in [3.63, 3.8) is 0 Å². The Morgan fingerprint density at radius 1 is 1.00 bits per heavy atom. The fraction of sp³-hybridized carbons (Fsp3) is 0.375. The molecule has 0 atom stereocenters. The minimum Gasteiger partial charge on any atom is -0.493 e. The number of sulfone groups is 1. The number of anilines is 1. The maximum absolute atomic E-state index is 13.1. The molecule has 0 spiro atoms. The van der Waals surface area contributed by atoms with Crippen molar-refractivity contribution in [2.75, 3.05) is 39.3 Å². The van der Waals surface area contributed by atoms with Crippen molar-refractivity contribution in [3.8, 4) is 28.5 Å². The average Bonchev–Trinajstić information content (AvgIpc) is 3.38. The van der Waals surface area contributed by atoms with E-state index in [1.165, 1.54) is 38.7 Å². The predicted octanol–water partition coefficient (Wildman–Crippen LogP) is 5.30. The van der Waals surface area contributed by atoms with Gasteiger partial charge in [0.05, 0.1) is 42.7 Å². The Labute approximate surface area is 211 Å². The van der Waals surface area contributed by atoms with Crippen molar-refractivity contribution in [1.29, 1.82) is 0 Å². The first-order valence-electron chi connectivity index (χ1n) is 11.0. The van der Waals surface area contributed by atoms with Crippen molar-refractivity contribution < 1.29 is 35.8 Å². The van der Waals surface area contributed by atoms with Crippen LogP contribution in [-0.4, -0.2) is 53.1 Å². The molecular formula is C24H25F3N2O5S2. The van der Waals surface area contributed by atoms with E-state index in [1.807, 2.05) is 10.3 Å². The fourth-order valence-electron chi connectivity index (χ4n) is 4.17. The van der Waals surface area contributed by atoms with Gasteiger partial charge in [-0.1, -0.05) is 6.07 Å². The molecule has 1 aliphatic rings. The zero-order chi connectivity index (χ0) is 26.1. The van der Waals surface area contributed by atoms with Gasteiger partial charge in [-0.05, 0) is 43.2 Å². The zero-order valence-corrected chi connectivity index (χ0v) is 21.5. The van der Waals surface area contributed by atoms with E-state index in [1.54, 1.807) is 12.1 Å². The van der Waals surface area contributed by atoms with E-state index in [-0.39, 0.29) is 17.7 Å². The van der Waals surface area contributed by atoms with Gasteiger partial charge >= 0.3 is 6.18 Å². The number of thiazole rings is 1. The van der Waals surface area contributed by atoms with E-state index < -0.39 is 26.8 Å². The minimum atomic E-state index is -4.60. The van der Waals surface area contributed by atoms with Crippen molar-refractivity contribution in [2.45, 2.75) is 29.2 Å². The lowest BCUT2D eigenvalue weighted by molar-refractivity contribution is -0.137. The van der Waals surface area contributed by atoms with E-state index in [0.717, 1.165) is 22.8 Å². The summed E-state index contributed by atoms with van der Waals surface area (Å²) in [6, 6.07) is 7.54. The third kappa shape index (κ3) is 5.10. The zero-order valence-electron chi connectivity index (χ0n) is 19.8.